The first-order chi connectivity index (χ1) is 13.3. The third-order valence-corrected chi connectivity index (χ3v) is 6.68. The Balaban J connectivity index is 1.60. The lowest BCUT2D eigenvalue weighted by Gasteiger charge is -2.04. The number of rotatable bonds is 7. The first kappa shape index (κ1) is 20.4. The van der Waals surface area contributed by atoms with Crippen molar-refractivity contribution in [2.24, 2.45) is 0 Å². The summed E-state index contributed by atoms with van der Waals surface area (Å²) in [5, 5.41) is 10.7. The third kappa shape index (κ3) is 5.35. The van der Waals surface area contributed by atoms with Crippen LogP contribution in [-0.2, 0) is 16.4 Å². The number of halogens is 1. The molecule has 10 heteroatoms. The van der Waals surface area contributed by atoms with Gasteiger partial charge in [0.1, 0.15) is 0 Å². The molecule has 3 aromatic rings. The van der Waals surface area contributed by atoms with Gasteiger partial charge in [0.15, 0.2) is 0 Å². The van der Waals surface area contributed by atoms with E-state index in [4.69, 9.17) is 11.6 Å². The highest BCUT2D eigenvalue weighted by Crippen LogP contribution is 2.20. The fourth-order valence-corrected chi connectivity index (χ4v) is 4.46. The molecule has 7 nitrogen and oxygen atoms in total. The van der Waals surface area contributed by atoms with Crippen LogP contribution >= 0.6 is 22.9 Å². The Morgan fingerprint density at radius 3 is 2.61 bits per heavy atom. The number of sulfonamides is 1. The highest BCUT2D eigenvalue weighted by Gasteiger charge is 2.20. The normalized spacial score (nSPS) is 11.4. The number of carbonyl (C=O) groups excluding carboxylic acids is 1. The van der Waals surface area contributed by atoms with E-state index in [1.165, 1.54) is 0 Å². The number of carbonyl (C=O) groups is 1. The van der Waals surface area contributed by atoms with Crippen LogP contribution in [0, 0.1) is 6.92 Å². The highest BCUT2D eigenvalue weighted by atomic mass is 35.5. The quantitative estimate of drug-likeness (QED) is 0.553. The van der Waals surface area contributed by atoms with Gasteiger partial charge in [0, 0.05) is 17.1 Å². The van der Waals surface area contributed by atoms with Crippen LogP contribution in [0.2, 0.25) is 5.02 Å². The molecule has 0 aliphatic carbocycles. The largest absolute Gasteiger partial charge is 0.296 e. The van der Waals surface area contributed by atoms with Gasteiger partial charge in [0.05, 0.1) is 0 Å². The highest BCUT2D eigenvalue weighted by molar-refractivity contribution is 7.91. The minimum atomic E-state index is -3.81. The molecule has 0 aliphatic rings. The summed E-state index contributed by atoms with van der Waals surface area (Å²) >= 11 is 6.62. The third-order valence-electron chi connectivity index (χ3n) is 3.76. The average molecular weight is 437 g/mol. The molecule has 1 heterocycles. The zero-order chi connectivity index (χ0) is 20.1. The summed E-state index contributed by atoms with van der Waals surface area (Å²) in [5.74, 6) is -0.375. The first-order valence-corrected chi connectivity index (χ1v) is 11.0. The zero-order valence-corrected chi connectivity index (χ0v) is 17.2. The fraction of sp³-hybridized carbons (Fsp3) is 0.167. The molecule has 3 rings (SSSR count). The van der Waals surface area contributed by atoms with Gasteiger partial charge in [-0.3, -0.25) is 10.1 Å². The summed E-state index contributed by atoms with van der Waals surface area (Å²) in [7, 11) is -3.81. The molecular weight excluding hydrogens is 420 g/mol. The average Bonchev–Trinajstić information content (AvgIpc) is 3.13. The summed E-state index contributed by atoms with van der Waals surface area (Å²) in [5.41, 5.74) is 2.36. The summed E-state index contributed by atoms with van der Waals surface area (Å²) in [6.07, 6.45) is 0.506. The van der Waals surface area contributed by atoms with Crippen molar-refractivity contribution in [2.45, 2.75) is 17.7 Å². The van der Waals surface area contributed by atoms with Crippen molar-refractivity contribution in [2.75, 3.05) is 11.9 Å². The molecule has 0 saturated heterocycles. The lowest BCUT2D eigenvalue weighted by Crippen LogP contribution is -2.25. The maximum absolute atomic E-state index is 12.4. The number of amides is 1. The van der Waals surface area contributed by atoms with Gasteiger partial charge in [-0.15, -0.1) is 10.2 Å². The summed E-state index contributed by atoms with van der Waals surface area (Å²) in [6.45, 7) is 2.08. The Bertz CT molecular complexity index is 1080. The van der Waals surface area contributed by atoms with E-state index < -0.39 is 10.0 Å². The van der Waals surface area contributed by atoms with Gasteiger partial charge in [-0.2, -0.15) is 0 Å². The lowest BCUT2D eigenvalue weighted by molar-refractivity contribution is 0.102. The molecule has 1 amide bonds. The van der Waals surface area contributed by atoms with E-state index in [-0.39, 0.29) is 21.9 Å². The SMILES string of the molecule is Cc1cccc(C(=O)Nc2nnc(S(=O)(=O)NCCc3ccc(Cl)cc3)s2)c1. The summed E-state index contributed by atoms with van der Waals surface area (Å²) in [6, 6.07) is 14.2. The predicted octanol–water partition coefficient (Wildman–Crippen LogP) is 3.27. The second-order valence-corrected chi connectivity index (χ2v) is 9.33. The number of hydrogen-bond acceptors (Lipinski definition) is 6. The number of nitrogens with one attached hydrogen (secondary N) is 2. The summed E-state index contributed by atoms with van der Waals surface area (Å²) in [4.78, 5) is 12.2. The van der Waals surface area contributed by atoms with E-state index in [1.54, 1.807) is 30.3 Å². The number of aromatic nitrogens is 2. The van der Waals surface area contributed by atoms with Crippen molar-refractivity contribution < 1.29 is 13.2 Å². The molecule has 0 saturated carbocycles. The van der Waals surface area contributed by atoms with Crippen molar-refractivity contribution >= 4 is 44.0 Å². The van der Waals surface area contributed by atoms with E-state index in [1.807, 2.05) is 25.1 Å². The van der Waals surface area contributed by atoms with E-state index in [9.17, 15) is 13.2 Å². The van der Waals surface area contributed by atoms with Crippen LogP contribution in [0.1, 0.15) is 21.5 Å². The van der Waals surface area contributed by atoms with Gasteiger partial charge in [-0.05, 0) is 43.2 Å². The number of aryl methyl sites for hydroxylation is 1. The topological polar surface area (TPSA) is 101 Å². The van der Waals surface area contributed by atoms with Crippen molar-refractivity contribution in [1.82, 2.24) is 14.9 Å². The first-order valence-electron chi connectivity index (χ1n) is 8.29. The van der Waals surface area contributed by atoms with Crippen molar-refractivity contribution in [3.8, 4) is 0 Å². The smallest absolute Gasteiger partial charge is 0.269 e. The molecule has 0 unspecified atom stereocenters. The minimum absolute atomic E-state index is 0.115. The van der Waals surface area contributed by atoms with Crippen LogP contribution in [0.25, 0.3) is 0 Å². The van der Waals surface area contributed by atoms with Crippen LogP contribution < -0.4 is 10.0 Å². The molecule has 0 atom stereocenters. The van der Waals surface area contributed by atoms with E-state index in [0.29, 0.717) is 17.0 Å². The molecule has 2 N–H and O–H groups in total. The molecule has 146 valence electrons. The van der Waals surface area contributed by atoms with Crippen LogP contribution in [0.4, 0.5) is 5.13 Å². The second kappa shape index (κ2) is 8.78. The van der Waals surface area contributed by atoms with Gasteiger partial charge in [-0.25, -0.2) is 13.1 Å². The molecule has 0 spiro atoms. The Hall–Kier alpha value is -2.33. The molecule has 28 heavy (non-hydrogen) atoms. The van der Waals surface area contributed by atoms with Crippen LogP contribution in [-0.4, -0.2) is 31.1 Å². The molecule has 2 aromatic carbocycles. The Labute approximate surface area is 171 Å². The number of hydrogen-bond donors (Lipinski definition) is 2. The molecule has 0 bridgehead atoms. The van der Waals surface area contributed by atoms with Gasteiger partial charge >= 0.3 is 0 Å². The van der Waals surface area contributed by atoms with E-state index >= 15 is 0 Å². The van der Waals surface area contributed by atoms with Crippen molar-refractivity contribution in [3.05, 3.63) is 70.2 Å². The second-order valence-electron chi connectivity index (χ2n) is 5.97. The van der Waals surface area contributed by atoms with Gasteiger partial charge < -0.3 is 0 Å². The molecule has 0 radical (unpaired) electrons. The van der Waals surface area contributed by atoms with Crippen LogP contribution in [0.3, 0.4) is 0 Å². The maximum Gasteiger partial charge on any atom is 0.269 e. The number of nitrogens with zero attached hydrogens (tertiary/aromatic N) is 2. The Morgan fingerprint density at radius 1 is 1.14 bits per heavy atom. The number of benzene rings is 2. The monoisotopic (exact) mass is 436 g/mol. The zero-order valence-electron chi connectivity index (χ0n) is 14.8. The van der Waals surface area contributed by atoms with Gasteiger partial charge in [0.25, 0.3) is 15.9 Å². The van der Waals surface area contributed by atoms with Gasteiger partial charge in [0.2, 0.25) is 9.47 Å². The van der Waals surface area contributed by atoms with E-state index in [0.717, 1.165) is 22.5 Å². The molecule has 1 aromatic heterocycles. The Morgan fingerprint density at radius 2 is 1.89 bits per heavy atom. The van der Waals surface area contributed by atoms with Crippen molar-refractivity contribution in [3.63, 3.8) is 0 Å². The van der Waals surface area contributed by atoms with Crippen LogP contribution in [0.5, 0.6) is 0 Å². The van der Waals surface area contributed by atoms with E-state index in [2.05, 4.69) is 20.2 Å². The minimum Gasteiger partial charge on any atom is -0.296 e. The maximum atomic E-state index is 12.4. The lowest BCUT2D eigenvalue weighted by atomic mass is 10.1. The standard InChI is InChI=1S/C18H17ClN4O3S2/c1-12-3-2-4-14(11-12)16(24)21-17-22-23-18(27-17)28(25,26)20-10-9-13-5-7-15(19)8-6-13/h2-8,11,20H,9-10H2,1H3,(H,21,22,24). The van der Waals surface area contributed by atoms with Gasteiger partial charge in [-0.1, -0.05) is 52.8 Å². The summed E-state index contributed by atoms with van der Waals surface area (Å²) < 4.78 is 27.0. The molecular formula is C18H17ClN4O3S2. The van der Waals surface area contributed by atoms with Crippen molar-refractivity contribution in [1.29, 1.82) is 0 Å². The molecule has 0 fully saturated rings. The Kier molecular flexibility index (Phi) is 6.40. The molecule has 0 aliphatic heterocycles. The number of anilines is 1. The van der Waals surface area contributed by atoms with Crippen LogP contribution in [0.15, 0.2) is 52.9 Å². The fourth-order valence-electron chi connectivity index (χ4n) is 2.37. The predicted molar refractivity (Wildman–Crippen MR) is 109 cm³/mol.